The van der Waals surface area contributed by atoms with Crippen molar-refractivity contribution in [2.75, 3.05) is 21.1 Å². The number of rotatable bonds is 1. The fraction of sp³-hybridized carbons (Fsp3) is 0.300. The number of halogens is 5. The van der Waals surface area contributed by atoms with E-state index in [-0.39, 0.29) is 26.2 Å². The van der Waals surface area contributed by atoms with E-state index in [0.29, 0.717) is 4.48 Å². The van der Waals surface area contributed by atoms with Crippen LogP contribution in [0.1, 0.15) is 31.5 Å². The molecule has 13 heteroatoms. The van der Waals surface area contributed by atoms with Crippen LogP contribution < -0.4 is 4.48 Å². The fourth-order valence-corrected chi connectivity index (χ4v) is 2.71. The van der Waals surface area contributed by atoms with Gasteiger partial charge in [-0.15, -0.1) is 0 Å². The minimum atomic E-state index is -6.09. The number of benzene rings is 3. The third-order valence-electron chi connectivity index (χ3n) is 4.70. The summed E-state index contributed by atoms with van der Waals surface area (Å²) >= 11 is 0. The molecule has 0 saturated heterocycles. The Morgan fingerprint density at radius 3 is 1.19 bits per heavy atom. The van der Waals surface area contributed by atoms with Crippen molar-refractivity contribution >= 4 is 32.9 Å². The van der Waals surface area contributed by atoms with Crippen LogP contribution in [0.3, 0.4) is 0 Å². The van der Waals surface area contributed by atoms with Crippen LogP contribution in [0, 0.1) is 52.1 Å². The highest BCUT2D eigenvalue weighted by atomic mass is 32.2. The SMILES string of the molecule is C.C.O=S(=O)([O-])C(F)(F)F.[C-]#[N+]c1cc(C)ccc1[18F].[C-]#[N+]c1cc(C)ccc1[19F].[C-]#[N+]c1cc(C)ccc1[N+](C)(C)C. The molecular weight excluding hydrogens is 590 g/mol. The van der Waals surface area contributed by atoms with Crippen LogP contribution in [0.2, 0.25) is 0 Å². The van der Waals surface area contributed by atoms with Crippen molar-refractivity contribution in [2.24, 2.45) is 0 Å². The quantitative estimate of drug-likeness (QED) is 0.0889. The molecular formula is C30H35F5N4O3S. The Kier molecular flexibility index (Phi) is 18.3. The Morgan fingerprint density at radius 1 is 0.674 bits per heavy atom. The van der Waals surface area contributed by atoms with E-state index < -0.39 is 27.3 Å². The van der Waals surface area contributed by atoms with Crippen LogP contribution in [-0.2, 0) is 10.1 Å². The standard InChI is InChI=1S/C11H15N2.2C8H6FN.CHF3O3S.2CH4/c1-9-6-7-11(13(3,4)5)10(8-9)12-2;2*1-6-3-4-7(9)8(5-6)10-2;2-1(3,4)8(5,6)7;;/h6-8H,1,3-5H3;2*3-5H,1H3;(H,5,6,7);2*1H4/q+1;;;;;/p-1/i;9+0;9-1;;;. The summed E-state index contributed by atoms with van der Waals surface area (Å²) in [4.78, 5) is 9.54. The highest BCUT2D eigenvalue weighted by Crippen LogP contribution is 2.31. The number of hydrogen-bond donors (Lipinski definition) is 0. The van der Waals surface area contributed by atoms with E-state index in [1.54, 1.807) is 12.1 Å². The van der Waals surface area contributed by atoms with Crippen molar-refractivity contribution in [3.8, 4) is 0 Å². The van der Waals surface area contributed by atoms with Crippen molar-refractivity contribution in [2.45, 2.75) is 41.1 Å². The van der Waals surface area contributed by atoms with Gasteiger partial charge in [-0.2, -0.15) is 13.2 Å². The van der Waals surface area contributed by atoms with Crippen LogP contribution in [0.15, 0.2) is 54.6 Å². The second-order valence-corrected chi connectivity index (χ2v) is 10.5. The molecule has 3 aromatic carbocycles. The van der Waals surface area contributed by atoms with Crippen LogP contribution in [0.4, 0.5) is 44.7 Å². The minimum absolute atomic E-state index is 0. The molecule has 0 saturated carbocycles. The molecule has 234 valence electrons. The highest BCUT2D eigenvalue weighted by molar-refractivity contribution is 7.86. The van der Waals surface area contributed by atoms with Gasteiger partial charge < -0.3 is 9.04 Å². The van der Waals surface area contributed by atoms with E-state index in [2.05, 4.69) is 35.7 Å². The highest BCUT2D eigenvalue weighted by Gasteiger charge is 2.36. The number of nitrogens with zero attached hydrogens (tertiary/aromatic N) is 4. The lowest BCUT2D eigenvalue weighted by Crippen LogP contribution is -2.34. The number of alkyl halides is 3. The summed E-state index contributed by atoms with van der Waals surface area (Å²) in [5, 5.41) is 0. The molecule has 0 aliphatic carbocycles. The first-order valence-corrected chi connectivity index (χ1v) is 12.7. The molecule has 43 heavy (non-hydrogen) atoms. The second kappa shape index (κ2) is 18.2. The van der Waals surface area contributed by atoms with Gasteiger partial charge in [-0.1, -0.05) is 61.9 Å². The molecule has 3 rings (SSSR count). The van der Waals surface area contributed by atoms with E-state index in [9.17, 15) is 22.0 Å². The predicted molar refractivity (Wildman–Crippen MR) is 161 cm³/mol. The first-order chi connectivity index (χ1) is 18.7. The molecule has 0 amide bonds. The van der Waals surface area contributed by atoms with E-state index in [4.69, 9.17) is 32.7 Å². The Hall–Kier alpha value is -4.35. The van der Waals surface area contributed by atoms with Crippen LogP contribution in [0.5, 0.6) is 0 Å². The van der Waals surface area contributed by atoms with Crippen molar-refractivity contribution in [1.82, 2.24) is 4.48 Å². The summed E-state index contributed by atoms with van der Waals surface area (Å²) in [5.41, 5.74) is -0.663. The Morgan fingerprint density at radius 2 is 0.953 bits per heavy atom. The molecule has 0 aliphatic heterocycles. The molecule has 0 atom stereocenters. The lowest BCUT2D eigenvalue weighted by molar-refractivity contribution is -0.0517. The number of quaternary nitrogens is 1. The zero-order chi connectivity index (χ0) is 32.2. The monoisotopic (exact) mass is 625 g/mol. The Labute approximate surface area is 251 Å². The summed E-state index contributed by atoms with van der Waals surface area (Å²) in [5.74, 6) is -0.888. The Bertz CT molecular complexity index is 1520. The van der Waals surface area contributed by atoms with Crippen molar-refractivity contribution in [3.63, 3.8) is 0 Å². The summed E-state index contributed by atoms with van der Waals surface area (Å²) in [6.07, 6.45) is 0. The lowest BCUT2D eigenvalue weighted by Gasteiger charge is -2.24. The van der Waals surface area contributed by atoms with E-state index in [0.717, 1.165) is 28.1 Å². The number of aryl methyl sites for hydroxylation is 3. The molecule has 0 heterocycles. The maximum atomic E-state index is 12.6. The van der Waals surface area contributed by atoms with E-state index >= 15 is 0 Å². The van der Waals surface area contributed by atoms with Gasteiger partial charge in [0.25, 0.3) is 0 Å². The second-order valence-electron chi connectivity index (χ2n) is 9.15. The van der Waals surface area contributed by atoms with Gasteiger partial charge in [0.1, 0.15) is 17.3 Å². The van der Waals surface area contributed by atoms with Gasteiger partial charge in [0, 0.05) is 0 Å². The lowest BCUT2D eigenvalue weighted by atomic mass is 10.1. The minimum Gasteiger partial charge on any atom is -0.741 e. The maximum absolute atomic E-state index is 12.6. The van der Waals surface area contributed by atoms with Gasteiger partial charge in [0.05, 0.1) is 40.9 Å². The maximum Gasteiger partial charge on any atom is 0.485 e. The summed E-state index contributed by atoms with van der Waals surface area (Å²) in [7, 11) is 0.116. The fourth-order valence-electron chi connectivity index (χ4n) is 2.71. The zero-order valence-electron chi connectivity index (χ0n) is 23.0. The predicted octanol–water partition coefficient (Wildman–Crippen LogP) is 9.44. The molecule has 0 N–H and O–H groups in total. The van der Waals surface area contributed by atoms with Gasteiger partial charge in [-0.25, -0.2) is 31.7 Å². The van der Waals surface area contributed by atoms with Crippen molar-refractivity contribution < 1.29 is 34.9 Å². The average molecular weight is 626 g/mol. The van der Waals surface area contributed by atoms with Gasteiger partial charge >= 0.3 is 5.51 Å². The molecule has 0 fully saturated rings. The van der Waals surface area contributed by atoms with Crippen LogP contribution in [-0.4, -0.2) is 39.6 Å². The first-order valence-electron chi connectivity index (χ1n) is 11.3. The van der Waals surface area contributed by atoms with Crippen molar-refractivity contribution in [3.05, 3.63) is 117 Å². The molecule has 0 aromatic heterocycles. The smallest absolute Gasteiger partial charge is 0.485 e. The summed E-state index contributed by atoms with van der Waals surface area (Å²) < 4.78 is 84.7. The first kappa shape index (κ1) is 43.1. The third kappa shape index (κ3) is 15.5. The van der Waals surface area contributed by atoms with Gasteiger partial charge in [0.2, 0.25) is 17.1 Å². The van der Waals surface area contributed by atoms with Crippen LogP contribution in [0.25, 0.3) is 14.5 Å². The van der Waals surface area contributed by atoms with E-state index in [1.165, 1.54) is 24.3 Å². The molecule has 0 unspecified atom stereocenters. The third-order valence-corrected chi connectivity index (χ3v) is 5.27. The van der Waals surface area contributed by atoms with Crippen molar-refractivity contribution in [1.29, 1.82) is 0 Å². The van der Waals surface area contributed by atoms with Crippen LogP contribution >= 0.6 is 0 Å². The molecule has 7 nitrogen and oxygen atoms in total. The molecule has 3 aromatic rings. The topological polar surface area (TPSA) is 70.3 Å². The van der Waals surface area contributed by atoms with Gasteiger partial charge in [-0.05, 0) is 45.0 Å². The molecule has 0 aliphatic rings. The summed E-state index contributed by atoms with van der Waals surface area (Å²) in [6.45, 7) is 25.9. The molecule has 0 bridgehead atoms. The largest absolute Gasteiger partial charge is 0.741 e. The van der Waals surface area contributed by atoms with E-state index in [1.807, 2.05) is 39.0 Å². The molecule has 0 spiro atoms. The normalized spacial score (nSPS) is 10.1. The Balaban J connectivity index is -0.000000496. The summed E-state index contributed by atoms with van der Waals surface area (Å²) in [6, 6.07) is 15.0. The van der Waals surface area contributed by atoms with Gasteiger partial charge in [0.15, 0.2) is 10.1 Å². The number of hydrogen-bond acceptors (Lipinski definition) is 3. The average Bonchev–Trinajstić information content (AvgIpc) is 2.86. The zero-order valence-corrected chi connectivity index (χ0v) is 23.8. The molecule has 0 radical (unpaired) electrons. The van der Waals surface area contributed by atoms with Gasteiger partial charge in [-0.3, -0.25) is 0 Å².